The van der Waals surface area contributed by atoms with E-state index < -0.39 is 0 Å². The number of amides is 1. The van der Waals surface area contributed by atoms with E-state index in [1.54, 1.807) is 6.33 Å². The summed E-state index contributed by atoms with van der Waals surface area (Å²) >= 11 is 1.45. The van der Waals surface area contributed by atoms with Crippen molar-refractivity contribution >= 4 is 33.3 Å². The van der Waals surface area contributed by atoms with Gasteiger partial charge in [0.2, 0.25) is 0 Å². The van der Waals surface area contributed by atoms with Gasteiger partial charge in [-0.3, -0.25) is 4.79 Å². The Labute approximate surface area is 162 Å². The van der Waals surface area contributed by atoms with Crippen LogP contribution in [0.25, 0.3) is 10.2 Å². The molecule has 1 aliphatic rings. The maximum Gasteiger partial charge on any atom is 0.261 e. The molecule has 0 aliphatic carbocycles. The molecule has 2 aromatic heterocycles. The number of nitrogens with one attached hydrogen (secondary N) is 1. The minimum absolute atomic E-state index is 0.0521. The molecule has 0 radical (unpaired) electrons. The van der Waals surface area contributed by atoms with Crippen LogP contribution < -0.4 is 10.2 Å². The monoisotopic (exact) mass is 381 g/mol. The highest BCUT2D eigenvalue weighted by molar-refractivity contribution is 7.20. The lowest BCUT2D eigenvalue weighted by Gasteiger charge is -2.33. The van der Waals surface area contributed by atoms with Crippen molar-refractivity contribution in [2.75, 3.05) is 38.1 Å². The number of hydrogen-bond donors (Lipinski definition) is 1. The van der Waals surface area contributed by atoms with Gasteiger partial charge in [-0.25, -0.2) is 9.97 Å². The first-order valence-electron chi connectivity index (χ1n) is 9.13. The summed E-state index contributed by atoms with van der Waals surface area (Å²) in [6.07, 6.45) is 1.61. The molecule has 0 atom stereocenters. The van der Waals surface area contributed by atoms with E-state index in [0.29, 0.717) is 6.54 Å². The predicted molar refractivity (Wildman–Crippen MR) is 109 cm³/mol. The first-order valence-corrected chi connectivity index (χ1v) is 9.95. The van der Waals surface area contributed by atoms with Crippen molar-refractivity contribution in [1.82, 2.24) is 20.2 Å². The molecular weight excluding hydrogens is 358 g/mol. The number of piperazine rings is 1. The number of thiophene rings is 1. The molecule has 6 nitrogen and oxygen atoms in total. The van der Waals surface area contributed by atoms with Crippen LogP contribution in [-0.4, -0.2) is 54.0 Å². The highest BCUT2D eigenvalue weighted by atomic mass is 32.1. The molecule has 1 amide bonds. The molecule has 4 rings (SSSR count). The van der Waals surface area contributed by atoms with Gasteiger partial charge in [0.05, 0.1) is 10.3 Å². The van der Waals surface area contributed by atoms with Crippen molar-refractivity contribution in [1.29, 1.82) is 0 Å². The summed E-state index contributed by atoms with van der Waals surface area (Å²) in [6.45, 7) is 6.42. The number of fused-ring (bicyclic) bond motifs is 1. The van der Waals surface area contributed by atoms with Crippen molar-refractivity contribution in [3.05, 3.63) is 52.7 Å². The van der Waals surface area contributed by atoms with Crippen LogP contribution in [0, 0.1) is 6.92 Å². The van der Waals surface area contributed by atoms with Crippen molar-refractivity contribution < 1.29 is 4.79 Å². The average Bonchev–Trinajstić information content (AvgIpc) is 3.04. The Hall–Kier alpha value is -2.51. The molecule has 1 saturated heterocycles. The van der Waals surface area contributed by atoms with E-state index in [9.17, 15) is 4.79 Å². The molecule has 0 saturated carbocycles. The number of rotatable bonds is 4. The van der Waals surface area contributed by atoms with Crippen molar-refractivity contribution in [3.63, 3.8) is 0 Å². The number of aryl methyl sites for hydroxylation is 1. The molecule has 0 bridgehead atoms. The summed E-state index contributed by atoms with van der Waals surface area (Å²) < 4.78 is 0. The molecule has 1 aromatic carbocycles. The van der Waals surface area contributed by atoms with Crippen LogP contribution in [0.5, 0.6) is 0 Å². The first-order chi connectivity index (χ1) is 13.1. The number of carbonyl (C=O) groups is 1. The van der Waals surface area contributed by atoms with E-state index >= 15 is 0 Å². The van der Waals surface area contributed by atoms with Crippen LogP contribution >= 0.6 is 11.3 Å². The first kappa shape index (κ1) is 17.9. The van der Waals surface area contributed by atoms with Gasteiger partial charge in [-0.05, 0) is 25.1 Å². The van der Waals surface area contributed by atoms with Crippen LogP contribution in [0.1, 0.15) is 20.8 Å². The fourth-order valence-corrected chi connectivity index (χ4v) is 4.45. The van der Waals surface area contributed by atoms with Gasteiger partial charge in [0.15, 0.2) is 0 Å². The van der Waals surface area contributed by atoms with E-state index in [1.165, 1.54) is 11.3 Å². The molecule has 0 spiro atoms. The highest BCUT2D eigenvalue weighted by Crippen LogP contribution is 2.35. The normalized spacial score (nSPS) is 15.3. The average molecular weight is 382 g/mol. The minimum Gasteiger partial charge on any atom is -0.353 e. The second kappa shape index (κ2) is 7.62. The molecule has 3 aromatic rings. The number of carbonyl (C=O) groups excluding carboxylic acids is 1. The molecule has 1 N–H and O–H groups in total. The molecule has 1 aliphatic heterocycles. The number of nitrogens with zero attached hydrogens (tertiary/aromatic N) is 4. The summed E-state index contributed by atoms with van der Waals surface area (Å²) in [5.41, 5.74) is 2.05. The third kappa shape index (κ3) is 3.65. The maximum absolute atomic E-state index is 12.8. The SMILES string of the molecule is Cc1c(C(=O)NCc2ccccc2)sc2ncnc(N3CCN(C)CC3)c12. The fourth-order valence-electron chi connectivity index (χ4n) is 3.39. The van der Waals surface area contributed by atoms with E-state index in [0.717, 1.165) is 58.2 Å². The molecular formula is C20H23N5OS. The van der Waals surface area contributed by atoms with Gasteiger partial charge in [-0.1, -0.05) is 30.3 Å². The summed E-state index contributed by atoms with van der Waals surface area (Å²) in [4.78, 5) is 28.0. The molecule has 140 valence electrons. The summed E-state index contributed by atoms with van der Waals surface area (Å²) in [5.74, 6) is 0.896. The Bertz CT molecular complexity index is 948. The smallest absolute Gasteiger partial charge is 0.261 e. The second-order valence-electron chi connectivity index (χ2n) is 6.89. The summed E-state index contributed by atoms with van der Waals surface area (Å²) in [5, 5.41) is 4.04. The molecule has 27 heavy (non-hydrogen) atoms. The van der Waals surface area contributed by atoms with Gasteiger partial charge in [-0.15, -0.1) is 11.3 Å². The lowest BCUT2D eigenvalue weighted by molar-refractivity contribution is 0.0954. The van der Waals surface area contributed by atoms with Crippen molar-refractivity contribution in [2.24, 2.45) is 0 Å². The third-order valence-corrected chi connectivity index (χ3v) is 6.21. The largest absolute Gasteiger partial charge is 0.353 e. The van der Waals surface area contributed by atoms with E-state index in [-0.39, 0.29) is 5.91 Å². The molecule has 1 fully saturated rings. The van der Waals surface area contributed by atoms with Gasteiger partial charge in [-0.2, -0.15) is 0 Å². The zero-order valence-electron chi connectivity index (χ0n) is 15.6. The Morgan fingerprint density at radius 3 is 2.63 bits per heavy atom. The highest BCUT2D eigenvalue weighted by Gasteiger charge is 2.23. The second-order valence-corrected chi connectivity index (χ2v) is 7.89. The lowest BCUT2D eigenvalue weighted by atomic mass is 10.1. The Morgan fingerprint density at radius 1 is 1.15 bits per heavy atom. The molecule has 0 unspecified atom stereocenters. The maximum atomic E-state index is 12.8. The fraction of sp³-hybridized carbons (Fsp3) is 0.350. The topological polar surface area (TPSA) is 61.4 Å². The van der Waals surface area contributed by atoms with Crippen LogP contribution in [-0.2, 0) is 6.54 Å². The standard InChI is InChI=1S/C20H23N5OS/c1-14-16-18(25-10-8-24(2)9-11-25)22-13-23-20(16)27-17(14)19(26)21-12-15-6-4-3-5-7-15/h3-7,13H,8-12H2,1-2H3,(H,21,26). The third-order valence-electron chi connectivity index (χ3n) is 5.01. The quantitative estimate of drug-likeness (QED) is 0.753. The van der Waals surface area contributed by atoms with Crippen LogP contribution in [0.15, 0.2) is 36.7 Å². The molecule has 3 heterocycles. The van der Waals surface area contributed by atoms with Gasteiger partial charge in [0.1, 0.15) is 17.0 Å². The Morgan fingerprint density at radius 2 is 1.89 bits per heavy atom. The van der Waals surface area contributed by atoms with Crippen molar-refractivity contribution in [3.8, 4) is 0 Å². The number of anilines is 1. The number of hydrogen-bond acceptors (Lipinski definition) is 6. The predicted octanol–water partition coefficient (Wildman–Crippen LogP) is 2.68. The summed E-state index contributed by atoms with van der Waals surface area (Å²) in [7, 11) is 2.14. The van der Waals surface area contributed by atoms with Crippen LogP contribution in [0.3, 0.4) is 0 Å². The van der Waals surface area contributed by atoms with Gasteiger partial charge in [0.25, 0.3) is 5.91 Å². The van der Waals surface area contributed by atoms with E-state index in [4.69, 9.17) is 0 Å². The van der Waals surface area contributed by atoms with Gasteiger partial charge >= 0.3 is 0 Å². The summed E-state index contributed by atoms with van der Waals surface area (Å²) in [6, 6.07) is 9.94. The number of aromatic nitrogens is 2. The lowest BCUT2D eigenvalue weighted by Crippen LogP contribution is -2.44. The van der Waals surface area contributed by atoms with E-state index in [2.05, 4.69) is 32.1 Å². The van der Waals surface area contributed by atoms with E-state index in [1.807, 2.05) is 37.3 Å². The van der Waals surface area contributed by atoms with Gasteiger partial charge < -0.3 is 15.1 Å². The Kier molecular flexibility index (Phi) is 5.05. The van der Waals surface area contributed by atoms with Crippen molar-refractivity contribution in [2.45, 2.75) is 13.5 Å². The zero-order chi connectivity index (χ0) is 18.8. The molecule has 7 heteroatoms. The van der Waals surface area contributed by atoms with Gasteiger partial charge in [0, 0.05) is 32.7 Å². The number of benzene rings is 1. The van der Waals surface area contributed by atoms with Crippen LogP contribution in [0.2, 0.25) is 0 Å². The van der Waals surface area contributed by atoms with Crippen LogP contribution in [0.4, 0.5) is 5.82 Å². The zero-order valence-corrected chi connectivity index (χ0v) is 16.4. The Balaban J connectivity index is 1.60. The minimum atomic E-state index is -0.0521. The number of likely N-dealkylation sites (N-methyl/N-ethyl adjacent to an activating group) is 1.